The van der Waals surface area contributed by atoms with Crippen LogP contribution in [0.1, 0.15) is 61.7 Å². The van der Waals surface area contributed by atoms with Crippen LogP contribution in [0.2, 0.25) is 5.02 Å². The highest BCUT2D eigenvalue weighted by Crippen LogP contribution is 2.65. The summed E-state index contributed by atoms with van der Waals surface area (Å²) in [5, 5.41) is 17.7. The summed E-state index contributed by atoms with van der Waals surface area (Å²) in [6.45, 7) is 0. The van der Waals surface area contributed by atoms with Crippen molar-refractivity contribution in [2.45, 2.75) is 80.2 Å². The number of aromatic nitrogens is 2. The molecule has 7 nitrogen and oxygen atoms in total. The Labute approximate surface area is 202 Å². The maximum atomic E-state index is 13.8. The number of nitrogens with zero attached hydrogens (tertiary/aromatic N) is 2. The molecular weight excluding hydrogens is 494 g/mol. The number of rotatable bonds is 5. The number of amides is 1. The molecule has 2 atom stereocenters. The molecule has 12 heteroatoms. The standard InChI is InChI=1S/C23H22ClF4N3O4/c24-15-3-14-17(32)5-19(34-18(14)4-16(15)25)20(33)30-21-8-22(9-21,10-21)31-7-12(6-29-31)11-1-13(2-11)35-23(26,27)28/h3-4,6-7,11,13,17,19,32H,1-2,5,8-10H2,(H,30,33)/t11-,13+,17-,19+,21?,22?/m1/s1. The second kappa shape index (κ2) is 7.57. The molecule has 2 heterocycles. The third-order valence-corrected chi connectivity index (χ3v) is 8.05. The highest BCUT2D eigenvalue weighted by molar-refractivity contribution is 6.30. The fraction of sp³-hybridized carbons (Fsp3) is 0.565. The summed E-state index contributed by atoms with van der Waals surface area (Å²) in [4.78, 5) is 12.9. The average molecular weight is 516 g/mol. The summed E-state index contributed by atoms with van der Waals surface area (Å²) in [6.07, 6.45) is -1.12. The molecule has 2 N–H and O–H groups in total. The lowest BCUT2D eigenvalue weighted by Gasteiger charge is -2.70. The van der Waals surface area contributed by atoms with Gasteiger partial charge in [0.05, 0.1) is 29.0 Å². The summed E-state index contributed by atoms with van der Waals surface area (Å²) in [5.74, 6) is -0.967. The molecule has 0 saturated heterocycles. The second-order valence-corrected chi connectivity index (χ2v) is 10.7. The van der Waals surface area contributed by atoms with Gasteiger partial charge in [-0.1, -0.05) is 11.6 Å². The number of benzene rings is 1. The van der Waals surface area contributed by atoms with Crippen molar-refractivity contribution in [1.29, 1.82) is 0 Å². The van der Waals surface area contributed by atoms with Crippen LogP contribution in [0.25, 0.3) is 0 Å². The largest absolute Gasteiger partial charge is 0.522 e. The number of nitrogens with one attached hydrogen (secondary N) is 1. The minimum atomic E-state index is -4.61. The summed E-state index contributed by atoms with van der Waals surface area (Å²) in [6, 6.07) is 2.38. The molecule has 1 aliphatic heterocycles. The number of hydrogen-bond donors (Lipinski definition) is 2. The Hall–Kier alpha value is -2.37. The molecule has 4 saturated carbocycles. The zero-order chi connectivity index (χ0) is 24.8. The van der Waals surface area contributed by atoms with E-state index in [0.717, 1.165) is 11.6 Å². The van der Waals surface area contributed by atoms with Crippen LogP contribution < -0.4 is 10.1 Å². The predicted molar refractivity (Wildman–Crippen MR) is 113 cm³/mol. The van der Waals surface area contributed by atoms with E-state index in [1.165, 1.54) is 6.07 Å². The van der Waals surface area contributed by atoms with Crippen LogP contribution in [0.15, 0.2) is 24.5 Å². The normalized spacial score (nSPS) is 35.1. The topological polar surface area (TPSA) is 85.6 Å². The maximum Gasteiger partial charge on any atom is 0.522 e. The monoisotopic (exact) mass is 515 g/mol. The molecule has 7 rings (SSSR count). The van der Waals surface area contributed by atoms with E-state index in [1.54, 1.807) is 6.20 Å². The summed E-state index contributed by atoms with van der Waals surface area (Å²) in [7, 11) is 0. The molecular formula is C23H22ClF4N3O4. The molecule has 4 aliphatic carbocycles. The van der Waals surface area contributed by atoms with E-state index in [4.69, 9.17) is 16.3 Å². The lowest BCUT2D eigenvalue weighted by atomic mass is 9.44. The minimum absolute atomic E-state index is 0.00501. The van der Waals surface area contributed by atoms with Crippen molar-refractivity contribution in [2.24, 2.45) is 0 Å². The van der Waals surface area contributed by atoms with Gasteiger partial charge in [0.25, 0.3) is 5.91 Å². The number of alkyl halides is 3. The molecule has 5 aliphatic rings. The van der Waals surface area contributed by atoms with Gasteiger partial charge in [-0.25, -0.2) is 4.39 Å². The number of hydrogen-bond acceptors (Lipinski definition) is 5. The number of aliphatic hydroxyl groups is 1. The van der Waals surface area contributed by atoms with Gasteiger partial charge in [0, 0.05) is 29.8 Å². The molecule has 0 radical (unpaired) electrons. The van der Waals surface area contributed by atoms with Crippen LogP contribution in [-0.2, 0) is 15.1 Å². The maximum absolute atomic E-state index is 13.8. The first kappa shape index (κ1) is 23.1. The predicted octanol–water partition coefficient (Wildman–Crippen LogP) is 4.09. The molecule has 1 aromatic heterocycles. The van der Waals surface area contributed by atoms with E-state index < -0.39 is 30.5 Å². The van der Waals surface area contributed by atoms with E-state index in [2.05, 4.69) is 15.2 Å². The molecule has 0 spiro atoms. The Morgan fingerprint density at radius 2 is 1.97 bits per heavy atom. The number of halogens is 5. The van der Waals surface area contributed by atoms with Crippen molar-refractivity contribution in [3.63, 3.8) is 0 Å². The van der Waals surface area contributed by atoms with Crippen molar-refractivity contribution >= 4 is 17.5 Å². The Morgan fingerprint density at radius 1 is 1.26 bits per heavy atom. The SMILES string of the molecule is O=C(NC12CC(n3cc([C@H]4C[C@@H](OC(F)(F)F)C4)cn3)(C1)C2)[C@@H]1C[C@@H](O)c2cc(Cl)c(F)cc2O1. The van der Waals surface area contributed by atoms with Crippen molar-refractivity contribution in [3.05, 3.63) is 46.5 Å². The van der Waals surface area contributed by atoms with Crippen molar-refractivity contribution in [2.75, 3.05) is 0 Å². The van der Waals surface area contributed by atoms with Crippen LogP contribution in [-0.4, -0.2) is 44.9 Å². The number of carbonyl (C=O) groups excluding carboxylic acids is 1. The molecule has 2 aromatic rings. The third kappa shape index (κ3) is 3.88. The first-order valence-electron chi connectivity index (χ1n) is 11.4. The van der Waals surface area contributed by atoms with Gasteiger partial charge in [-0.05, 0) is 49.7 Å². The van der Waals surface area contributed by atoms with E-state index in [1.807, 2.05) is 10.9 Å². The van der Waals surface area contributed by atoms with Gasteiger partial charge in [-0.3, -0.25) is 14.2 Å². The van der Waals surface area contributed by atoms with E-state index in [9.17, 15) is 27.5 Å². The van der Waals surface area contributed by atoms with Crippen molar-refractivity contribution in [1.82, 2.24) is 15.1 Å². The summed E-state index contributed by atoms with van der Waals surface area (Å²) in [5.41, 5.74) is 0.648. The summed E-state index contributed by atoms with van der Waals surface area (Å²) < 4.78 is 62.4. The Bertz CT molecular complexity index is 1180. The van der Waals surface area contributed by atoms with Gasteiger partial charge >= 0.3 is 6.36 Å². The highest BCUT2D eigenvalue weighted by Gasteiger charge is 2.70. The van der Waals surface area contributed by atoms with Gasteiger partial charge < -0.3 is 15.2 Å². The molecule has 1 amide bonds. The molecule has 188 valence electrons. The van der Waals surface area contributed by atoms with Crippen molar-refractivity contribution in [3.8, 4) is 5.75 Å². The van der Waals surface area contributed by atoms with Crippen LogP contribution in [0.5, 0.6) is 5.75 Å². The second-order valence-electron chi connectivity index (χ2n) is 10.3. The van der Waals surface area contributed by atoms with Crippen LogP contribution in [0, 0.1) is 5.82 Å². The van der Waals surface area contributed by atoms with Gasteiger partial charge in [-0.15, -0.1) is 13.2 Å². The molecule has 35 heavy (non-hydrogen) atoms. The average Bonchev–Trinajstić information content (AvgIpc) is 3.15. The molecule has 0 unspecified atom stereocenters. The van der Waals surface area contributed by atoms with Gasteiger partial charge in [0.1, 0.15) is 11.6 Å². The third-order valence-electron chi connectivity index (χ3n) is 7.76. The number of ether oxygens (including phenoxy) is 2. The zero-order valence-corrected chi connectivity index (χ0v) is 19.1. The van der Waals surface area contributed by atoms with Crippen molar-refractivity contribution < 1.29 is 36.9 Å². The van der Waals surface area contributed by atoms with E-state index in [-0.39, 0.29) is 40.1 Å². The number of fused-ring (bicyclic) bond motifs is 1. The Morgan fingerprint density at radius 3 is 2.66 bits per heavy atom. The number of carbonyl (C=O) groups is 1. The summed E-state index contributed by atoms with van der Waals surface area (Å²) >= 11 is 5.78. The van der Waals surface area contributed by atoms with Gasteiger partial charge in [0.2, 0.25) is 0 Å². The van der Waals surface area contributed by atoms with Gasteiger partial charge in [-0.2, -0.15) is 5.10 Å². The fourth-order valence-corrected chi connectivity index (χ4v) is 6.15. The molecule has 4 fully saturated rings. The molecule has 2 bridgehead atoms. The Kier molecular flexibility index (Phi) is 4.98. The van der Waals surface area contributed by atoms with E-state index >= 15 is 0 Å². The first-order valence-corrected chi connectivity index (χ1v) is 11.8. The first-order chi connectivity index (χ1) is 16.4. The highest BCUT2D eigenvalue weighted by atomic mass is 35.5. The minimum Gasteiger partial charge on any atom is -0.480 e. The lowest BCUT2D eigenvalue weighted by Crippen LogP contribution is -2.79. The molecule has 1 aromatic carbocycles. The van der Waals surface area contributed by atoms with Crippen LogP contribution >= 0.6 is 11.6 Å². The van der Waals surface area contributed by atoms with Gasteiger partial charge in [0.15, 0.2) is 6.10 Å². The van der Waals surface area contributed by atoms with E-state index in [0.29, 0.717) is 37.7 Å². The Balaban J connectivity index is 1.04. The van der Waals surface area contributed by atoms with Crippen LogP contribution in [0.3, 0.4) is 0 Å². The van der Waals surface area contributed by atoms with Crippen LogP contribution in [0.4, 0.5) is 17.6 Å². The lowest BCUT2D eigenvalue weighted by molar-refractivity contribution is -0.351. The smallest absolute Gasteiger partial charge is 0.480 e. The quantitative estimate of drug-likeness (QED) is 0.586. The zero-order valence-electron chi connectivity index (χ0n) is 18.3. The fourth-order valence-electron chi connectivity index (χ4n) is 5.98. The number of aliphatic hydroxyl groups excluding tert-OH is 1.